The van der Waals surface area contributed by atoms with E-state index in [4.69, 9.17) is 16.0 Å². The highest BCUT2D eigenvalue weighted by Crippen LogP contribution is 2.38. The summed E-state index contributed by atoms with van der Waals surface area (Å²) in [5, 5.41) is 0. The molecule has 0 aliphatic heterocycles. The van der Waals surface area contributed by atoms with Crippen LogP contribution in [-0.4, -0.2) is 38.4 Å². The second-order valence-electron chi connectivity index (χ2n) is 11.7. The van der Waals surface area contributed by atoms with Gasteiger partial charge in [0.1, 0.15) is 0 Å². The van der Waals surface area contributed by atoms with Crippen LogP contribution in [0.4, 0.5) is 0 Å². The molecule has 8 heteroatoms. The van der Waals surface area contributed by atoms with E-state index in [0.29, 0.717) is 51.7 Å². The average molecular weight is 565 g/mol. The van der Waals surface area contributed by atoms with Gasteiger partial charge in [-0.25, -0.2) is 8.42 Å². The summed E-state index contributed by atoms with van der Waals surface area (Å²) in [6.07, 6.45) is 6.15. The molecule has 1 aromatic carbocycles. The second kappa shape index (κ2) is 15.4. The normalized spacial score (nSPS) is 12.6. The number of hydrogen-bond acceptors (Lipinski definition) is 6. The number of ether oxygens (including phenoxy) is 2. The standard InChI is InChI=1S/C31H50NO6S/c1-9-37-27(33)29(4,5)21-13-11-15-23-31(32-8,39(35,36)26-19-17-25(3)18-20-26)24-16-12-14-22-30(6,7)28(34)38-10-2/h8,17-20H,9-16,21-24H2,1-7H3/q+1. The fourth-order valence-electron chi connectivity index (χ4n) is 4.68. The third-order valence-corrected chi connectivity index (χ3v) is 9.87. The number of hydrogen-bond donors (Lipinski definition) is 0. The minimum atomic E-state index is -3.84. The van der Waals surface area contributed by atoms with E-state index in [9.17, 15) is 18.0 Å². The van der Waals surface area contributed by atoms with Crippen molar-refractivity contribution in [1.82, 2.24) is 0 Å². The van der Waals surface area contributed by atoms with E-state index in [1.54, 1.807) is 38.1 Å². The maximum atomic E-state index is 13.9. The zero-order valence-electron chi connectivity index (χ0n) is 25.2. The molecule has 1 rings (SSSR count). The Bertz CT molecular complexity index is 1030. The van der Waals surface area contributed by atoms with Crippen LogP contribution in [0.2, 0.25) is 0 Å². The number of nitrogens with zero attached hydrogens (tertiary/aromatic N) is 1. The van der Waals surface area contributed by atoms with Crippen molar-refractivity contribution >= 4 is 21.8 Å². The Morgan fingerprint density at radius 1 is 0.744 bits per heavy atom. The van der Waals surface area contributed by atoms with Gasteiger partial charge < -0.3 is 9.47 Å². The Morgan fingerprint density at radius 2 is 1.13 bits per heavy atom. The third-order valence-electron chi connectivity index (χ3n) is 7.46. The molecule has 0 radical (unpaired) electrons. The smallest absolute Gasteiger partial charge is 0.381 e. The molecule has 0 aliphatic rings. The first-order valence-corrected chi connectivity index (χ1v) is 15.8. The number of carbonyl (C=O) groups is 2. The molecule has 1 aromatic rings. The van der Waals surface area contributed by atoms with Crippen LogP contribution in [-0.2, 0) is 28.9 Å². The number of aryl methyl sites for hydroxylation is 1. The Labute approximate surface area is 236 Å². The molecule has 0 aromatic heterocycles. The van der Waals surface area contributed by atoms with Crippen molar-refractivity contribution in [3.05, 3.63) is 34.7 Å². The van der Waals surface area contributed by atoms with Crippen LogP contribution >= 0.6 is 0 Å². The van der Waals surface area contributed by atoms with Crippen molar-refractivity contribution < 1.29 is 27.5 Å². The van der Waals surface area contributed by atoms with Gasteiger partial charge in [-0.1, -0.05) is 48.2 Å². The molecule has 0 unspecified atom stereocenters. The summed E-state index contributed by atoms with van der Waals surface area (Å²) in [5.74, 6) is -0.436. The van der Waals surface area contributed by atoms with Crippen LogP contribution in [0.5, 0.6) is 0 Å². The number of carbonyl (C=O) groups excluding carboxylic acids is 2. The summed E-state index contributed by atoms with van der Waals surface area (Å²) in [5.41, 5.74) is -0.203. The number of unbranched alkanes of at least 4 members (excludes halogenated alkanes) is 4. The lowest BCUT2D eigenvalue weighted by molar-refractivity contribution is -0.154. The van der Waals surface area contributed by atoms with Crippen molar-refractivity contribution in [2.45, 2.75) is 122 Å². The van der Waals surface area contributed by atoms with Crippen LogP contribution in [0.1, 0.15) is 111 Å². The molecular formula is C31H50NO6S+. The highest BCUT2D eigenvalue weighted by atomic mass is 32.2. The van der Waals surface area contributed by atoms with Crippen LogP contribution in [0.25, 0.3) is 4.85 Å². The summed E-state index contributed by atoms with van der Waals surface area (Å²) in [4.78, 5) is 27.2. The van der Waals surface area contributed by atoms with E-state index in [-0.39, 0.29) is 16.8 Å². The molecule has 0 N–H and O–H groups in total. The third kappa shape index (κ3) is 9.94. The van der Waals surface area contributed by atoms with Gasteiger partial charge in [0, 0.05) is 12.8 Å². The van der Waals surface area contributed by atoms with Gasteiger partial charge in [0.15, 0.2) is 0 Å². The van der Waals surface area contributed by atoms with E-state index in [1.165, 1.54) is 0 Å². The van der Waals surface area contributed by atoms with Gasteiger partial charge in [-0.3, -0.25) is 9.59 Å². The lowest BCUT2D eigenvalue weighted by atomic mass is 9.86. The van der Waals surface area contributed by atoms with Crippen LogP contribution in [0, 0.1) is 24.3 Å². The minimum absolute atomic E-state index is 0.217. The first-order chi connectivity index (χ1) is 18.2. The lowest BCUT2D eigenvalue weighted by Gasteiger charge is -2.23. The van der Waals surface area contributed by atoms with Crippen LogP contribution in [0.15, 0.2) is 29.2 Å². The predicted molar refractivity (Wildman–Crippen MR) is 156 cm³/mol. The summed E-state index contributed by atoms with van der Waals surface area (Å²) in [6, 6.07) is 6.80. The summed E-state index contributed by atoms with van der Waals surface area (Å²) in [7, 11) is -3.84. The Hall–Kier alpha value is -2.40. The maximum Gasteiger partial charge on any atom is 0.381 e. The van der Waals surface area contributed by atoms with Crippen molar-refractivity contribution in [1.29, 1.82) is 0 Å². The van der Waals surface area contributed by atoms with Gasteiger partial charge in [0.25, 0.3) is 16.4 Å². The van der Waals surface area contributed by atoms with E-state index in [0.717, 1.165) is 31.2 Å². The zero-order valence-corrected chi connectivity index (χ0v) is 26.0. The fraction of sp³-hybridized carbons (Fsp3) is 0.710. The van der Waals surface area contributed by atoms with Gasteiger partial charge in [-0.15, -0.1) is 0 Å². The lowest BCUT2D eigenvalue weighted by Crippen LogP contribution is -2.35. The number of rotatable bonds is 18. The quantitative estimate of drug-likeness (QED) is 0.135. The first-order valence-electron chi connectivity index (χ1n) is 14.3. The van der Waals surface area contributed by atoms with Gasteiger partial charge in [-0.2, -0.15) is 0 Å². The molecule has 39 heavy (non-hydrogen) atoms. The second-order valence-corrected chi connectivity index (χ2v) is 14.0. The number of sulfone groups is 1. The Kier molecular flexibility index (Phi) is 13.7. The topological polar surface area (TPSA) is 91.1 Å². The maximum absolute atomic E-state index is 13.9. The first kappa shape index (κ1) is 34.6. The minimum Gasteiger partial charge on any atom is -0.466 e. The molecule has 0 saturated carbocycles. The molecular weight excluding hydrogens is 514 g/mol. The zero-order chi connectivity index (χ0) is 29.7. The van der Waals surface area contributed by atoms with Gasteiger partial charge in [0.2, 0.25) is 0 Å². The average Bonchev–Trinajstić information content (AvgIpc) is 2.87. The monoisotopic (exact) mass is 564 g/mol. The molecule has 0 atom stereocenters. The Balaban J connectivity index is 2.94. The van der Waals surface area contributed by atoms with Gasteiger partial charge in [0.05, 0.1) is 28.9 Å². The SMILES string of the molecule is C#[N+]C(CCCCCC(C)(C)C(=O)OCC)(CCCCCC(C)(C)C(=O)OCC)S(=O)(=O)c1ccc(C)cc1. The largest absolute Gasteiger partial charge is 0.466 e. The van der Waals surface area contributed by atoms with E-state index < -0.39 is 25.5 Å². The molecule has 0 heterocycles. The molecule has 0 fully saturated rings. The van der Waals surface area contributed by atoms with Gasteiger partial charge >= 0.3 is 16.8 Å². The van der Waals surface area contributed by atoms with Crippen molar-refractivity contribution in [3.63, 3.8) is 0 Å². The van der Waals surface area contributed by atoms with Crippen molar-refractivity contribution in [2.24, 2.45) is 10.8 Å². The molecule has 0 spiro atoms. The van der Waals surface area contributed by atoms with E-state index in [1.807, 2.05) is 34.6 Å². The highest BCUT2D eigenvalue weighted by molar-refractivity contribution is 7.93. The molecule has 7 nitrogen and oxygen atoms in total. The summed E-state index contributed by atoms with van der Waals surface area (Å²) < 4.78 is 38.1. The molecule has 0 saturated heterocycles. The van der Waals surface area contributed by atoms with Crippen molar-refractivity contribution in [3.8, 4) is 6.57 Å². The number of esters is 2. The molecule has 0 amide bonds. The van der Waals surface area contributed by atoms with E-state index >= 15 is 0 Å². The molecule has 0 bridgehead atoms. The fourth-order valence-corrected chi connectivity index (χ4v) is 6.57. The van der Waals surface area contributed by atoms with Gasteiger partial charge in [-0.05, 0) is 86.3 Å². The Morgan fingerprint density at radius 3 is 1.49 bits per heavy atom. The summed E-state index contributed by atoms with van der Waals surface area (Å²) in [6.45, 7) is 19.6. The summed E-state index contributed by atoms with van der Waals surface area (Å²) >= 11 is 0. The number of benzene rings is 1. The van der Waals surface area contributed by atoms with Crippen molar-refractivity contribution in [2.75, 3.05) is 13.2 Å². The van der Waals surface area contributed by atoms with Crippen LogP contribution in [0.3, 0.4) is 0 Å². The molecule has 220 valence electrons. The molecule has 0 aliphatic carbocycles. The van der Waals surface area contributed by atoms with E-state index in [2.05, 4.69) is 4.85 Å². The predicted octanol–water partition coefficient (Wildman–Crippen LogP) is 7.51. The highest BCUT2D eigenvalue weighted by Gasteiger charge is 2.53. The van der Waals surface area contributed by atoms with Crippen LogP contribution < -0.4 is 0 Å².